The van der Waals surface area contributed by atoms with Crippen molar-refractivity contribution < 1.29 is 24.2 Å². The summed E-state index contributed by atoms with van der Waals surface area (Å²) in [6, 6.07) is 8.43. The van der Waals surface area contributed by atoms with Crippen LogP contribution in [-0.4, -0.2) is 35.7 Å². The van der Waals surface area contributed by atoms with Crippen molar-refractivity contribution in [3.63, 3.8) is 0 Å². The minimum atomic E-state index is -0.977. The Hall–Kier alpha value is -2.93. The Bertz CT molecular complexity index is 954. The summed E-state index contributed by atoms with van der Waals surface area (Å²) in [5.74, 6) is -0.368. The van der Waals surface area contributed by atoms with Crippen LogP contribution in [0.2, 0.25) is 5.02 Å². The number of carbonyl (C=O) groups excluding carboxylic acids is 1. The second-order valence-electron chi connectivity index (χ2n) is 8.05. The highest BCUT2D eigenvalue weighted by molar-refractivity contribution is 6.31. The van der Waals surface area contributed by atoms with Gasteiger partial charge in [-0.25, -0.2) is 4.79 Å². The SMILES string of the molecule is CCOc1cc(CNc2cccc(C(=O)O)c2C)c(Cl)cc1OCC(=O)NC(C)(C)C. The number of benzene rings is 2. The first-order chi connectivity index (χ1) is 14.5. The zero-order valence-corrected chi connectivity index (χ0v) is 19.2. The normalized spacial score (nSPS) is 11.0. The highest BCUT2D eigenvalue weighted by atomic mass is 35.5. The van der Waals surface area contributed by atoms with Crippen LogP contribution in [0, 0.1) is 6.92 Å². The third kappa shape index (κ3) is 7.07. The lowest BCUT2D eigenvalue weighted by Gasteiger charge is -2.21. The van der Waals surface area contributed by atoms with Gasteiger partial charge in [0.2, 0.25) is 0 Å². The highest BCUT2D eigenvalue weighted by Crippen LogP contribution is 2.34. The lowest BCUT2D eigenvalue weighted by molar-refractivity contribution is -0.124. The predicted octanol–water partition coefficient (Wildman–Crippen LogP) is 4.65. The lowest BCUT2D eigenvalue weighted by atomic mass is 10.1. The monoisotopic (exact) mass is 448 g/mol. The van der Waals surface area contributed by atoms with Crippen LogP contribution in [-0.2, 0) is 11.3 Å². The van der Waals surface area contributed by atoms with Crippen molar-refractivity contribution in [2.24, 2.45) is 0 Å². The van der Waals surface area contributed by atoms with Crippen LogP contribution in [0.5, 0.6) is 11.5 Å². The summed E-state index contributed by atoms with van der Waals surface area (Å²) >= 11 is 6.44. The molecule has 31 heavy (non-hydrogen) atoms. The molecule has 0 aromatic heterocycles. The quantitative estimate of drug-likeness (QED) is 0.516. The van der Waals surface area contributed by atoms with Gasteiger partial charge in [-0.2, -0.15) is 0 Å². The number of carboxylic acid groups (broad SMARTS) is 1. The summed E-state index contributed by atoms with van der Waals surface area (Å²) in [6.45, 7) is 9.88. The molecule has 0 bridgehead atoms. The molecule has 1 amide bonds. The summed E-state index contributed by atoms with van der Waals surface area (Å²) < 4.78 is 11.3. The van der Waals surface area contributed by atoms with Gasteiger partial charge < -0.3 is 25.2 Å². The topological polar surface area (TPSA) is 96.9 Å². The van der Waals surface area contributed by atoms with Crippen molar-refractivity contribution >= 4 is 29.2 Å². The molecule has 0 atom stereocenters. The molecular weight excluding hydrogens is 420 g/mol. The Labute approximate surface area is 187 Å². The molecule has 0 saturated heterocycles. The van der Waals surface area contributed by atoms with Crippen LogP contribution in [0.25, 0.3) is 0 Å². The van der Waals surface area contributed by atoms with E-state index in [1.807, 2.05) is 33.8 Å². The first-order valence-corrected chi connectivity index (χ1v) is 10.4. The van der Waals surface area contributed by atoms with Gasteiger partial charge in [-0.3, -0.25) is 4.79 Å². The first-order valence-electron chi connectivity index (χ1n) is 9.97. The third-order valence-corrected chi connectivity index (χ3v) is 4.67. The van der Waals surface area contributed by atoms with Crippen LogP contribution in [0.1, 0.15) is 49.2 Å². The second kappa shape index (κ2) is 10.4. The summed E-state index contributed by atoms with van der Waals surface area (Å²) in [6.07, 6.45) is 0. The van der Waals surface area contributed by atoms with Crippen molar-refractivity contribution in [1.29, 1.82) is 0 Å². The molecule has 0 aliphatic carbocycles. The van der Waals surface area contributed by atoms with E-state index >= 15 is 0 Å². The van der Waals surface area contributed by atoms with Gasteiger partial charge in [-0.15, -0.1) is 0 Å². The van der Waals surface area contributed by atoms with E-state index in [1.54, 1.807) is 31.2 Å². The Morgan fingerprint density at radius 1 is 1.13 bits per heavy atom. The molecule has 0 aliphatic heterocycles. The van der Waals surface area contributed by atoms with E-state index < -0.39 is 5.97 Å². The number of halogens is 1. The highest BCUT2D eigenvalue weighted by Gasteiger charge is 2.17. The first kappa shape index (κ1) is 24.3. The summed E-state index contributed by atoms with van der Waals surface area (Å²) in [5, 5.41) is 15.8. The fourth-order valence-electron chi connectivity index (χ4n) is 2.94. The fourth-order valence-corrected chi connectivity index (χ4v) is 3.16. The van der Waals surface area contributed by atoms with Crippen molar-refractivity contribution in [2.45, 2.75) is 46.7 Å². The summed E-state index contributed by atoms with van der Waals surface area (Å²) in [7, 11) is 0. The van der Waals surface area contributed by atoms with Crippen LogP contribution in [0.15, 0.2) is 30.3 Å². The minimum Gasteiger partial charge on any atom is -0.490 e. The molecule has 2 aromatic rings. The maximum atomic E-state index is 12.1. The molecule has 0 fully saturated rings. The molecule has 7 nitrogen and oxygen atoms in total. The molecule has 0 radical (unpaired) electrons. The largest absolute Gasteiger partial charge is 0.490 e. The molecule has 168 valence electrons. The van der Waals surface area contributed by atoms with Gasteiger partial charge in [0.05, 0.1) is 12.2 Å². The van der Waals surface area contributed by atoms with E-state index in [0.29, 0.717) is 40.9 Å². The Morgan fingerprint density at radius 3 is 2.42 bits per heavy atom. The number of ether oxygens (including phenoxy) is 2. The van der Waals surface area contributed by atoms with Gasteiger partial charge in [0, 0.05) is 28.9 Å². The van der Waals surface area contributed by atoms with Crippen molar-refractivity contribution in [2.75, 3.05) is 18.5 Å². The van der Waals surface area contributed by atoms with Crippen LogP contribution in [0.3, 0.4) is 0 Å². The maximum Gasteiger partial charge on any atom is 0.336 e. The molecule has 2 aromatic carbocycles. The third-order valence-electron chi connectivity index (χ3n) is 4.32. The molecule has 8 heteroatoms. The summed E-state index contributed by atoms with van der Waals surface area (Å²) in [5.41, 5.74) is 1.97. The smallest absolute Gasteiger partial charge is 0.336 e. The number of anilines is 1. The number of amides is 1. The van der Waals surface area contributed by atoms with Gasteiger partial charge in [-0.1, -0.05) is 17.7 Å². The second-order valence-corrected chi connectivity index (χ2v) is 8.45. The summed E-state index contributed by atoms with van der Waals surface area (Å²) in [4.78, 5) is 23.4. The molecule has 0 aliphatic rings. The van der Waals surface area contributed by atoms with Gasteiger partial charge >= 0.3 is 5.97 Å². The Balaban J connectivity index is 2.17. The molecular formula is C23H29ClN2O5. The predicted molar refractivity (Wildman–Crippen MR) is 121 cm³/mol. The van der Waals surface area contributed by atoms with Crippen molar-refractivity contribution in [3.8, 4) is 11.5 Å². The van der Waals surface area contributed by atoms with Gasteiger partial charge in [0.1, 0.15) is 0 Å². The van der Waals surface area contributed by atoms with Crippen LogP contribution < -0.4 is 20.1 Å². The van der Waals surface area contributed by atoms with E-state index in [2.05, 4.69) is 10.6 Å². The molecule has 2 rings (SSSR count). The molecule has 0 spiro atoms. The minimum absolute atomic E-state index is 0.160. The number of rotatable bonds is 9. The van der Waals surface area contributed by atoms with Crippen molar-refractivity contribution in [3.05, 3.63) is 52.0 Å². The zero-order valence-electron chi connectivity index (χ0n) is 18.5. The maximum absolute atomic E-state index is 12.1. The van der Waals surface area contributed by atoms with E-state index in [4.69, 9.17) is 21.1 Å². The standard InChI is InChI=1S/C23H29ClN2O5/c1-6-30-19-10-15(12-25-18-9-7-8-16(14(18)2)22(28)29)17(24)11-20(19)31-13-21(27)26-23(3,4)5/h7-11,25H,6,12-13H2,1-5H3,(H,26,27)(H,28,29). The zero-order chi connectivity index (χ0) is 23.2. The van der Waals surface area contributed by atoms with Crippen LogP contribution >= 0.6 is 11.6 Å². The van der Waals surface area contributed by atoms with Gasteiger partial charge in [0.25, 0.3) is 5.91 Å². The average Bonchev–Trinajstić information content (AvgIpc) is 2.66. The number of hydrogen-bond acceptors (Lipinski definition) is 5. The van der Waals surface area contributed by atoms with E-state index in [1.165, 1.54) is 0 Å². The lowest BCUT2D eigenvalue weighted by Crippen LogP contribution is -2.43. The van der Waals surface area contributed by atoms with E-state index in [0.717, 1.165) is 5.56 Å². The number of hydrogen-bond donors (Lipinski definition) is 3. The molecule has 0 saturated carbocycles. The van der Waals surface area contributed by atoms with Gasteiger partial charge in [0.15, 0.2) is 18.1 Å². The number of carboxylic acids is 1. The van der Waals surface area contributed by atoms with Crippen molar-refractivity contribution in [1.82, 2.24) is 5.32 Å². The Morgan fingerprint density at radius 2 is 1.81 bits per heavy atom. The van der Waals surface area contributed by atoms with E-state index in [9.17, 15) is 14.7 Å². The molecule has 0 unspecified atom stereocenters. The number of aromatic carboxylic acids is 1. The average molecular weight is 449 g/mol. The fraction of sp³-hybridized carbons (Fsp3) is 0.391. The number of carbonyl (C=O) groups is 2. The Kier molecular flexibility index (Phi) is 8.16. The molecule has 3 N–H and O–H groups in total. The van der Waals surface area contributed by atoms with Crippen LogP contribution in [0.4, 0.5) is 5.69 Å². The molecule has 0 heterocycles. The van der Waals surface area contributed by atoms with Gasteiger partial charge in [-0.05, 0) is 63.9 Å². The van der Waals surface area contributed by atoms with E-state index in [-0.39, 0.29) is 23.6 Å². The number of nitrogens with one attached hydrogen (secondary N) is 2.